The fourth-order valence-electron chi connectivity index (χ4n) is 2.22. The Bertz CT molecular complexity index is 928. The SMILES string of the molecule is Cc1ccc(S(=O)(=O)n2ccc3c(N)c(Br)ccc32)cc1. The number of hydrogen-bond acceptors (Lipinski definition) is 3. The first kappa shape index (κ1) is 14.2. The van der Waals surface area contributed by atoms with Crippen LogP contribution >= 0.6 is 15.9 Å². The van der Waals surface area contributed by atoms with E-state index in [1.807, 2.05) is 6.92 Å². The normalized spacial score (nSPS) is 11.9. The predicted molar refractivity (Wildman–Crippen MR) is 87.8 cm³/mol. The molecule has 1 aromatic heterocycles. The summed E-state index contributed by atoms with van der Waals surface area (Å²) in [4.78, 5) is 0.257. The molecule has 2 aromatic carbocycles. The molecule has 1 heterocycles. The molecule has 0 bridgehead atoms. The van der Waals surface area contributed by atoms with E-state index in [1.165, 1.54) is 10.2 Å². The Hall–Kier alpha value is -1.79. The molecule has 21 heavy (non-hydrogen) atoms. The van der Waals surface area contributed by atoms with Gasteiger partial charge in [-0.1, -0.05) is 17.7 Å². The molecule has 0 aliphatic heterocycles. The van der Waals surface area contributed by atoms with Crippen LogP contribution in [0.25, 0.3) is 10.9 Å². The van der Waals surface area contributed by atoms with Crippen LogP contribution in [0, 0.1) is 6.92 Å². The number of aromatic nitrogens is 1. The smallest absolute Gasteiger partial charge is 0.268 e. The van der Waals surface area contributed by atoms with E-state index in [0.29, 0.717) is 16.6 Å². The first-order chi connectivity index (χ1) is 9.91. The van der Waals surface area contributed by atoms with Crippen LogP contribution in [-0.4, -0.2) is 12.4 Å². The summed E-state index contributed by atoms with van der Waals surface area (Å²) in [5.74, 6) is 0. The zero-order valence-corrected chi connectivity index (χ0v) is 13.6. The van der Waals surface area contributed by atoms with Crippen LogP contribution in [0.2, 0.25) is 0 Å². The highest BCUT2D eigenvalue weighted by atomic mass is 79.9. The monoisotopic (exact) mass is 364 g/mol. The topological polar surface area (TPSA) is 65.1 Å². The van der Waals surface area contributed by atoms with E-state index in [-0.39, 0.29) is 4.90 Å². The van der Waals surface area contributed by atoms with Gasteiger partial charge < -0.3 is 5.73 Å². The average molecular weight is 365 g/mol. The van der Waals surface area contributed by atoms with Crippen molar-refractivity contribution in [3.63, 3.8) is 0 Å². The second kappa shape index (κ2) is 4.89. The third-order valence-electron chi connectivity index (χ3n) is 3.40. The highest BCUT2D eigenvalue weighted by molar-refractivity contribution is 9.10. The molecule has 0 unspecified atom stereocenters. The molecule has 6 heteroatoms. The quantitative estimate of drug-likeness (QED) is 0.707. The second-order valence-corrected chi connectivity index (χ2v) is 7.49. The van der Waals surface area contributed by atoms with Crippen molar-refractivity contribution in [3.8, 4) is 0 Å². The molecule has 0 spiro atoms. The highest BCUT2D eigenvalue weighted by Gasteiger charge is 2.19. The van der Waals surface area contributed by atoms with Crippen LogP contribution in [0.4, 0.5) is 5.69 Å². The van der Waals surface area contributed by atoms with E-state index in [4.69, 9.17) is 5.73 Å². The Kier molecular flexibility index (Phi) is 3.30. The van der Waals surface area contributed by atoms with Crippen LogP contribution < -0.4 is 5.73 Å². The molecule has 2 N–H and O–H groups in total. The number of aryl methyl sites for hydroxylation is 1. The lowest BCUT2D eigenvalue weighted by molar-refractivity contribution is 0.589. The summed E-state index contributed by atoms with van der Waals surface area (Å²) in [6.07, 6.45) is 1.53. The van der Waals surface area contributed by atoms with Gasteiger partial charge in [-0.15, -0.1) is 0 Å². The number of halogens is 1. The van der Waals surface area contributed by atoms with Gasteiger partial charge in [0.2, 0.25) is 0 Å². The first-order valence-electron chi connectivity index (χ1n) is 6.28. The van der Waals surface area contributed by atoms with Crippen LogP contribution in [-0.2, 0) is 10.0 Å². The van der Waals surface area contributed by atoms with Gasteiger partial charge in [-0.05, 0) is 53.2 Å². The van der Waals surface area contributed by atoms with E-state index < -0.39 is 10.0 Å². The lowest BCUT2D eigenvalue weighted by atomic mass is 10.2. The molecule has 4 nitrogen and oxygen atoms in total. The summed E-state index contributed by atoms with van der Waals surface area (Å²) in [6, 6.07) is 12.0. The molecule has 0 atom stereocenters. The molecule has 0 aliphatic carbocycles. The van der Waals surface area contributed by atoms with Crippen LogP contribution in [0.1, 0.15) is 5.56 Å². The van der Waals surface area contributed by atoms with Gasteiger partial charge in [0, 0.05) is 16.1 Å². The van der Waals surface area contributed by atoms with Crippen molar-refractivity contribution in [2.45, 2.75) is 11.8 Å². The van der Waals surface area contributed by atoms with E-state index in [9.17, 15) is 8.42 Å². The number of fused-ring (bicyclic) bond motifs is 1. The molecule has 0 radical (unpaired) electrons. The Morgan fingerprint density at radius 3 is 2.38 bits per heavy atom. The van der Waals surface area contributed by atoms with Crippen molar-refractivity contribution < 1.29 is 8.42 Å². The molecule has 3 rings (SSSR count). The zero-order valence-electron chi connectivity index (χ0n) is 11.2. The Morgan fingerprint density at radius 1 is 1.05 bits per heavy atom. The number of hydrogen-bond donors (Lipinski definition) is 1. The molecule has 0 fully saturated rings. The summed E-state index contributed by atoms with van der Waals surface area (Å²) in [6.45, 7) is 1.92. The van der Waals surface area contributed by atoms with Gasteiger partial charge in [-0.2, -0.15) is 0 Å². The van der Waals surface area contributed by atoms with Crippen LogP contribution in [0.15, 0.2) is 58.0 Å². The molecule has 3 aromatic rings. The van der Waals surface area contributed by atoms with Gasteiger partial charge in [-0.3, -0.25) is 0 Å². The molecular weight excluding hydrogens is 352 g/mol. The molecule has 0 saturated heterocycles. The summed E-state index contributed by atoms with van der Waals surface area (Å²) >= 11 is 3.35. The Morgan fingerprint density at radius 2 is 1.71 bits per heavy atom. The van der Waals surface area contributed by atoms with E-state index in [1.54, 1.807) is 42.5 Å². The maximum atomic E-state index is 12.7. The molecular formula is C15H13BrN2O2S. The van der Waals surface area contributed by atoms with Crippen LogP contribution in [0.5, 0.6) is 0 Å². The van der Waals surface area contributed by atoms with E-state index in [2.05, 4.69) is 15.9 Å². The number of nitrogens with two attached hydrogens (primary N) is 1. The summed E-state index contributed by atoms with van der Waals surface area (Å²) in [7, 11) is -3.62. The summed E-state index contributed by atoms with van der Waals surface area (Å²) < 4.78 is 27.5. The van der Waals surface area contributed by atoms with Gasteiger partial charge >= 0.3 is 0 Å². The third-order valence-corrected chi connectivity index (χ3v) is 5.80. The van der Waals surface area contributed by atoms with Crippen molar-refractivity contribution in [3.05, 3.63) is 58.7 Å². The molecule has 0 amide bonds. The van der Waals surface area contributed by atoms with Crippen molar-refractivity contribution in [2.75, 3.05) is 5.73 Å². The minimum absolute atomic E-state index is 0.257. The highest BCUT2D eigenvalue weighted by Crippen LogP contribution is 2.31. The van der Waals surface area contributed by atoms with Crippen molar-refractivity contribution in [1.82, 2.24) is 3.97 Å². The van der Waals surface area contributed by atoms with Crippen molar-refractivity contribution in [1.29, 1.82) is 0 Å². The number of benzene rings is 2. The number of anilines is 1. The van der Waals surface area contributed by atoms with Gasteiger partial charge in [0.05, 0.1) is 16.1 Å². The Labute approximate surface area is 131 Å². The number of nitrogens with zero attached hydrogens (tertiary/aromatic N) is 1. The van der Waals surface area contributed by atoms with E-state index in [0.717, 1.165) is 10.0 Å². The largest absolute Gasteiger partial charge is 0.397 e. The molecule has 108 valence electrons. The van der Waals surface area contributed by atoms with Crippen molar-refractivity contribution in [2.24, 2.45) is 0 Å². The summed E-state index contributed by atoms with van der Waals surface area (Å²) in [5, 5.41) is 0.708. The van der Waals surface area contributed by atoms with Gasteiger partial charge in [0.15, 0.2) is 0 Å². The predicted octanol–water partition coefficient (Wildman–Crippen LogP) is 3.53. The molecule has 0 saturated carbocycles. The lowest BCUT2D eigenvalue weighted by Crippen LogP contribution is -2.11. The minimum atomic E-state index is -3.62. The van der Waals surface area contributed by atoms with Crippen molar-refractivity contribution >= 4 is 42.5 Å². The average Bonchev–Trinajstić information content (AvgIpc) is 2.89. The zero-order chi connectivity index (χ0) is 15.2. The standard InChI is InChI=1S/C15H13BrN2O2S/c1-10-2-4-11(5-3-10)21(19,20)18-9-8-12-14(18)7-6-13(16)15(12)17/h2-9H,17H2,1H3. The second-order valence-electron chi connectivity index (χ2n) is 4.82. The van der Waals surface area contributed by atoms with Crippen LogP contribution in [0.3, 0.4) is 0 Å². The fraction of sp³-hybridized carbons (Fsp3) is 0.0667. The third kappa shape index (κ3) is 2.24. The fourth-order valence-corrected chi connectivity index (χ4v) is 3.91. The Balaban J connectivity index is 2.25. The molecule has 0 aliphatic rings. The van der Waals surface area contributed by atoms with E-state index >= 15 is 0 Å². The number of nitrogen functional groups attached to an aromatic ring is 1. The van der Waals surface area contributed by atoms with Gasteiger partial charge in [0.25, 0.3) is 10.0 Å². The maximum Gasteiger partial charge on any atom is 0.268 e. The first-order valence-corrected chi connectivity index (χ1v) is 8.52. The summed E-state index contributed by atoms with van der Waals surface area (Å²) in [5.41, 5.74) is 8.09. The number of rotatable bonds is 2. The van der Waals surface area contributed by atoms with Gasteiger partial charge in [0.1, 0.15) is 0 Å². The lowest BCUT2D eigenvalue weighted by Gasteiger charge is -2.09. The minimum Gasteiger partial charge on any atom is -0.397 e. The van der Waals surface area contributed by atoms with Gasteiger partial charge in [-0.25, -0.2) is 12.4 Å². The maximum absolute atomic E-state index is 12.7.